The number of carbonyl (C=O) groups excluding carboxylic acids is 2. The average Bonchev–Trinajstić information content (AvgIpc) is 2.84. The minimum atomic E-state index is -0.715. The van der Waals surface area contributed by atoms with Gasteiger partial charge in [0.05, 0.1) is 16.5 Å². The molecule has 3 aromatic carbocycles. The van der Waals surface area contributed by atoms with E-state index in [-0.39, 0.29) is 30.8 Å². The first kappa shape index (κ1) is 27.1. The van der Waals surface area contributed by atoms with Crippen LogP contribution in [0.4, 0.5) is 0 Å². The highest BCUT2D eigenvalue weighted by atomic mass is 35.5. The quantitative estimate of drug-likeness (QED) is 0.315. The van der Waals surface area contributed by atoms with Crippen LogP contribution in [0.3, 0.4) is 0 Å². The lowest BCUT2D eigenvalue weighted by molar-refractivity contribution is -0.141. The van der Waals surface area contributed by atoms with E-state index in [1.807, 2.05) is 62.4 Å². The Morgan fingerprint density at radius 2 is 1.57 bits per heavy atom. The van der Waals surface area contributed by atoms with E-state index in [9.17, 15) is 9.59 Å². The Labute approximate surface area is 222 Å². The number of benzene rings is 3. The predicted octanol–water partition coefficient (Wildman–Crippen LogP) is 6.74. The number of hydrogen-bond acceptors (Lipinski definition) is 2. The van der Waals surface area contributed by atoms with E-state index in [2.05, 4.69) is 5.32 Å². The molecule has 0 aliphatic heterocycles. The molecule has 2 amide bonds. The number of hydrogen-bond donors (Lipinski definition) is 1. The smallest absolute Gasteiger partial charge is 0.243 e. The van der Waals surface area contributed by atoms with Gasteiger partial charge < -0.3 is 10.2 Å². The molecule has 1 N–H and O–H groups in total. The van der Waals surface area contributed by atoms with Gasteiger partial charge in [0.2, 0.25) is 11.8 Å². The second-order valence-electron chi connectivity index (χ2n) is 8.60. The standard InChI is InChI=1S/C28H29Cl3N2O2/c1-3-19(2)32-28(35)26(16-20-8-5-4-6-9-20)33(18-22-12-13-24(30)25(31)15-22)27(34)17-21-10-7-11-23(29)14-21/h4-15,19,26H,3,16-18H2,1-2H3,(H,32,35)/t19-,26-/m1/s1. The van der Waals surface area contributed by atoms with Crippen LogP contribution in [0.15, 0.2) is 72.8 Å². The van der Waals surface area contributed by atoms with Crippen LogP contribution >= 0.6 is 34.8 Å². The lowest BCUT2D eigenvalue weighted by Gasteiger charge is -2.32. The summed E-state index contributed by atoms with van der Waals surface area (Å²) < 4.78 is 0. The van der Waals surface area contributed by atoms with E-state index in [0.717, 1.165) is 23.1 Å². The molecular formula is C28H29Cl3N2O2. The average molecular weight is 532 g/mol. The van der Waals surface area contributed by atoms with E-state index < -0.39 is 6.04 Å². The molecule has 0 aliphatic rings. The van der Waals surface area contributed by atoms with Crippen molar-refractivity contribution in [2.45, 2.75) is 51.7 Å². The molecular weight excluding hydrogens is 503 g/mol. The second kappa shape index (κ2) is 13.0. The molecule has 0 bridgehead atoms. The van der Waals surface area contributed by atoms with Crippen LogP contribution in [0.2, 0.25) is 15.1 Å². The zero-order valence-electron chi connectivity index (χ0n) is 19.8. The van der Waals surface area contributed by atoms with Gasteiger partial charge in [-0.2, -0.15) is 0 Å². The maximum absolute atomic E-state index is 13.7. The maximum Gasteiger partial charge on any atom is 0.243 e. The van der Waals surface area contributed by atoms with Crippen molar-refractivity contribution in [1.29, 1.82) is 0 Å². The molecule has 0 aliphatic carbocycles. The molecule has 4 nitrogen and oxygen atoms in total. The molecule has 0 spiro atoms. The van der Waals surface area contributed by atoms with Gasteiger partial charge in [-0.1, -0.05) is 90.3 Å². The molecule has 2 atom stereocenters. The van der Waals surface area contributed by atoms with Crippen LogP contribution in [0.5, 0.6) is 0 Å². The summed E-state index contributed by atoms with van der Waals surface area (Å²) in [5.41, 5.74) is 2.53. The Hall–Kier alpha value is -2.53. The van der Waals surface area contributed by atoms with E-state index in [1.54, 1.807) is 29.2 Å². The third kappa shape index (κ3) is 7.99. The zero-order chi connectivity index (χ0) is 25.4. The Kier molecular flexibility index (Phi) is 10.0. The number of amides is 2. The molecule has 0 aromatic heterocycles. The molecule has 0 heterocycles. The van der Waals surface area contributed by atoms with Crippen molar-refractivity contribution in [3.63, 3.8) is 0 Å². The van der Waals surface area contributed by atoms with Crippen molar-refractivity contribution < 1.29 is 9.59 Å². The molecule has 0 unspecified atom stereocenters. The number of halogens is 3. The zero-order valence-corrected chi connectivity index (χ0v) is 22.1. The molecule has 3 rings (SSSR count). The molecule has 0 saturated heterocycles. The third-order valence-electron chi connectivity index (χ3n) is 5.85. The summed E-state index contributed by atoms with van der Waals surface area (Å²) in [6.07, 6.45) is 1.28. The fourth-order valence-corrected chi connectivity index (χ4v) is 4.29. The van der Waals surface area contributed by atoms with E-state index in [0.29, 0.717) is 21.5 Å². The summed E-state index contributed by atoms with van der Waals surface area (Å²) in [5, 5.41) is 4.45. The fourth-order valence-electron chi connectivity index (χ4n) is 3.75. The number of rotatable bonds is 10. The van der Waals surface area contributed by atoms with Crippen molar-refractivity contribution >= 4 is 46.6 Å². The van der Waals surface area contributed by atoms with Crippen molar-refractivity contribution in [2.75, 3.05) is 0 Å². The van der Waals surface area contributed by atoms with E-state index >= 15 is 0 Å². The van der Waals surface area contributed by atoms with Crippen LogP contribution < -0.4 is 5.32 Å². The highest BCUT2D eigenvalue weighted by molar-refractivity contribution is 6.42. The number of nitrogens with one attached hydrogen (secondary N) is 1. The summed E-state index contributed by atoms with van der Waals surface area (Å²) in [6, 6.07) is 21.4. The van der Waals surface area contributed by atoms with E-state index in [1.165, 1.54) is 0 Å². The van der Waals surface area contributed by atoms with Crippen molar-refractivity contribution in [3.8, 4) is 0 Å². The Morgan fingerprint density at radius 1 is 0.857 bits per heavy atom. The first-order valence-corrected chi connectivity index (χ1v) is 12.7. The second-order valence-corrected chi connectivity index (χ2v) is 9.85. The van der Waals surface area contributed by atoms with Gasteiger partial charge in [0.15, 0.2) is 0 Å². The Balaban J connectivity index is 1.99. The van der Waals surface area contributed by atoms with Gasteiger partial charge in [0.1, 0.15) is 6.04 Å². The topological polar surface area (TPSA) is 49.4 Å². The van der Waals surface area contributed by atoms with Crippen LogP contribution in [-0.2, 0) is 29.0 Å². The Morgan fingerprint density at radius 3 is 2.23 bits per heavy atom. The lowest BCUT2D eigenvalue weighted by Crippen LogP contribution is -2.52. The lowest BCUT2D eigenvalue weighted by atomic mass is 10.0. The van der Waals surface area contributed by atoms with Crippen molar-refractivity contribution in [3.05, 3.63) is 105 Å². The monoisotopic (exact) mass is 530 g/mol. The van der Waals surface area contributed by atoms with Gasteiger partial charge >= 0.3 is 0 Å². The molecule has 3 aromatic rings. The minimum absolute atomic E-state index is 0.0179. The molecule has 35 heavy (non-hydrogen) atoms. The van der Waals surface area contributed by atoms with Gasteiger partial charge in [0.25, 0.3) is 0 Å². The molecule has 0 saturated carbocycles. The van der Waals surface area contributed by atoms with Gasteiger partial charge in [0, 0.05) is 24.0 Å². The number of nitrogens with zero attached hydrogens (tertiary/aromatic N) is 1. The third-order valence-corrected chi connectivity index (χ3v) is 6.83. The van der Waals surface area contributed by atoms with Gasteiger partial charge in [-0.3, -0.25) is 9.59 Å². The summed E-state index contributed by atoms with van der Waals surface area (Å²) in [5.74, 6) is -0.374. The summed E-state index contributed by atoms with van der Waals surface area (Å²) in [6.45, 7) is 4.17. The largest absolute Gasteiger partial charge is 0.352 e. The SMILES string of the molecule is CC[C@@H](C)NC(=O)[C@@H](Cc1ccccc1)N(Cc1ccc(Cl)c(Cl)c1)C(=O)Cc1cccc(Cl)c1. The van der Waals surface area contributed by atoms with Gasteiger partial charge in [-0.15, -0.1) is 0 Å². The van der Waals surface area contributed by atoms with Crippen LogP contribution in [0, 0.1) is 0 Å². The van der Waals surface area contributed by atoms with Crippen molar-refractivity contribution in [2.24, 2.45) is 0 Å². The number of carbonyl (C=O) groups is 2. The van der Waals surface area contributed by atoms with Gasteiger partial charge in [-0.05, 0) is 54.3 Å². The maximum atomic E-state index is 13.7. The highest BCUT2D eigenvalue weighted by Gasteiger charge is 2.31. The molecule has 184 valence electrons. The summed E-state index contributed by atoms with van der Waals surface area (Å²) in [4.78, 5) is 28.9. The molecule has 0 fully saturated rings. The first-order chi connectivity index (χ1) is 16.8. The Bertz CT molecular complexity index is 1150. The van der Waals surface area contributed by atoms with Crippen LogP contribution in [0.1, 0.15) is 37.0 Å². The van der Waals surface area contributed by atoms with Crippen LogP contribution in [0.25, 0.3) is 0 Å². The van der Waals surface area contributed by atoms with Crippen molar-refractivity contribution in [1.82, 2.24) is 10.2 Å². The van der Waals surface area contributed by atoms with Gasteiger partial charge in [-0.25, -0.2) is 0 Å². The summed E-state index contributed by atoms with van der Waals surface area (Å²) in [7, 11) is 0. The molecule has 7 heteroatoms. The minimum Gasteiger partial charge on any atom is -0.352 e. The normalized spacial score (nSPS) is 12.6. The first-order valence-electron chi connectivity index (χ1n) is 11.6. The molecule has 0 radical (unpaired) electrons. The fraction of sp³-hybridized carbons (Fsp3) is 0.286. The predicted molar refractivity (Wildman–Crippen MR) is 144 cm³/mol. The van der Waals surface area contributed by atoms with Crippen LogP contribution in [-0.4, -0.2) is 28.8 Å². The highest BCUT2D eigenvalue weighted by Crippen LogP contribution is 2.25. The summed E-state index contributed by atoms with van der Waals surface area (Å²) >= 11 is 18.5. The van der Waals surface area contributed by atoms with E-state index in [4.69, 9.17) is 34.8 Å².